The third-order valence-electron chi connectivity index (χ3n) is 4.81. The summed E-state index contributed by atoms with van der Waals surface area (Å²) in [6.45, 7) is 1.14. The number of urea groups is 1. The molecule has 0 spiro atoms. The van der Waals surface area contributed by atoms with Gasteiger partial charge in [0, 0.05) is 5.69 Å². The van der Waals surface area contributed by atoms with Crippen LogP contribution in [0.2, 0.25) is 0 Å². The van der Waals surface area contributed by atoms with Crippen molar-refractivity contribution in [3.63, 3.8) is 0 Å². The Balaban J connectivity index is 1.75. The first-order chi connectivity index (χ1) is 14.1. The van der Waals surface area contributed by atoms with Crippen molar-refractivity contribution in [3.8, 4) is 0 Å². The molecule has 0 aliphatic carbocycles. The zero-order valence-electron chi connectivity index (χ0n) is 15.9. The molecule has 11 heteroatoms. The van der Waals surface area contributed by atoms with E-state index in [-0.39, 0.29) is 17.0 Å². The van der Waals surface area contributed by atoms with Gasteiger partial charge < -0.3 is 10.6 Å². The number of carbonyl (C=O) groups is 3. The number of carbonyl (C=O) groups excluding carboxylic acids is 3. The monoisotopic (exact) mass is 434 g/mol. The predicted octanol–water partition coefficient (Wildman–Crippen LogP) is 1.27. The molecule has 9 nitrogen and oxygen atoms in total. The second-order valence-corrected chi connectivity index (χ2v) is 8.27. The van der Waals surface area contributed by atoms with Gasteiger partial charge in [-0.1, -0.05) is 19.1 Å². The van der Waals surface area contributed by atoms with Gasteiger partial charge in [-0.2, -0.15) is 0 Å². The molecule has 3 rings (SSSR count). The number of anilines is 1. The van der Waals surface area contributed by atoms with E-state index in [1.165, 1.54) is 48.5 Å². The molecule has 1 aliphatic heterocycles. The average Bonchev–Trinajstić information content (AvgIpc) is 2.93. The number of halogens is 1. The Bertz CT molecular complexity index is 1100. The predicted molar refractivity (Wildman–Crippen MR) is 105 cm³/mol. The molecule has 0 aromatic heterocycles. The molecule has 1 aliphatic rings. The van der Waals surface area contributed by atoms with E-state index >= 15 is 0 Å². The minimum Gasteiger partial charge on any atom is -0.325 e. The third kappa shape index (κ3) is 4.02. The summed E-state index contributed by atoms with van der Waals surface area (Å²) in [5.74, 6) is -1.76. The van der Waals surface area contributed by atoms with Gasteiger partial charge >= 0.3 is 6.03 Å². The third-order valence-corrected chi connectivity index (χ3v) is 5.74. The Kier molecular flexibility index (Phi) is 5.59. The number of nitrogens with zero attached hydrogens (tertiary/aromatic N) is 1. The molecule has 4 N–H and O–H groups in total. The van der Waals surface area contributed by atoms with Gasteiger partial charge in [-0.3, -0.25) is 14.5 Å². The van der Waals surface area contributed by atoms with Gasteiger partial charge in [0.2, 0.25) is 15.9 Å². The SMILES string of the molecule is CC[C@]1(c2ccc(F)cc2)NC(=O)N(CC(=O)Nc2ccc(S(N)(=O)=O)cc2)C1=O. The molecule has 30 heavy (non-hydrogen) atoms. The highest BCUT2D eigenvalue weighted by Crippen LogP contribution is 2.32. The topological polar surface area (TPSA) is 139 Å². The first-order valence-electron chi connectivity index (χ1n) is 8.89. The molecule has 4 amide bonds. The number of sulfonamides is 1. The number of rotatable bonds is 6. The maximum Gasteiger partial charge on any atom is 0.325 e. The zero-order chi connectivity index (χ0) is 22.1. The van der Waals surface area contributed by atoms with E-state index in [0.717, 1.165) is 4.90 Å². The van der Waals surface area contributed by atoms with Crippen molar-refractivity contribution in [2.45, 2.75) is 23.8 Å². The molecule has 0 saturated carbocycles. The van der Waals surface area contributed by atoms with Crippen molar-refractivity contribution in [2.75, 3.05) is 11.9 Å². The van der Waals surface area contributed by atoms with Crippen molar-refractivity contribution in [1.29, 1.82) is 0 Å². The minimum atomic E-state index is -3.87. The second kappa shape index (κ2) is 7.84. The summed E-state index contributed by atoms with van der Waals surface area (Å²) < 4.78 is 35.8. The lowest BCUT2D eigenvalue weighted by molar-refractivity contribution is -0.134. The standard InChI is InChI=1S/C19H19FN4O5S/c1-2-19(12-3-5-13(20)6-4-12)17(26)24(18(27)23-19)11-16(25)22-14-7-9-15(10-8-14)30(21,28)29/h3-10H,2,11H2,1H3,(H,22,25)(H,23,27)(H2,21,28,29)/t19-/m1/s1. The van der Waals surface area contributed by atoms with Crippen LogP contribution in [0.5, 0.6) is 0 Å². The van der Waals surface area contributed by atoms with Crippen LogP contribution >= 0.6 is 0 Å². The molecule has 1 fully saturated rings. The van der Waals surface area contributed by atoms with Crippen molar-refractivity contribution in [2.24, 2.45) is 5.14 Å². The van der Waals surface area contributed by atoms with Gasteiger partial charge in [0.15, 0.2) is 0 Å². The molecule has 158 valence electrons. The Morgan fingerprint density at radius 1 is 1.13 bits per heavy atom. The number of benzene rings is 2. The van der Waals surface area contributed by atoms with E-state index in [1.807, 2.05) is 0 Å². The van der Waals surface area contributed by atoms with Gasteiger partial charge in [0.25, 0.3) is 5.91 Å². The molecule has 1 atom stereocenters. The van der Waals surface area contributed by atoms with Crippen LogP contribution in [-0.2, 0) is 25.2 Å². The number of primary sulfonamides is 1. The lowest BCUT2D eigenvalue weighted by atomic mass is 9.87. The maximum atomic E-state index is 13.2. The molecule has 1 heterocycles. The fraction of sp³-hybridized carbons (Fsp3) is 0.211. The van der Waals surface area contributed by atoms with Gasteiger partial charge in [0.05, 0.1) is 4.90 Å². The van der Waals surface area contributed by atoms with Crippen molar-refractivity contribution < 1.29 is 27.2 Å². The molecular weight excluding hydrogens is 415 g/mol. The Hall–Kier alpha value is -3.31. The second-order valence-electron chi connectivity index (χ2n) is 6.70. The van der Waals surface area contributed by atoms with E-state index in [9.17, 15) is 27.2 Å². The lowest BCUT2D eigenvalue weighted by Crippen LogP contribution is -2.44. The molecule has 2 aromatic rings. The van der Waals surface area contributed by atoms with Crippen LogP contribution < -0.4 is 15.8 Å². The van der Waals surface area contributed by atoms with Gasteiger partial charge in [-0.05, 0) is 48.4 Å². The van der Waals surface area contributed by atoms with E-state index < -0.39 is 45.8 Å². The highest BCUT2D eigenvalue weighted by molar-refractivity contribution is 7.89. The van der Waals surface area contributed by atoms with Crippen LogP contribution in [0.3, 0.4) is 0 Å². The average molecular weight is 434 g/mol. The van der Waals surface area contributed by atoms with E-state index in [1.54, 1.807) is 6.92 Å². The van der Waals surface area contributed by atoms with E-state index in [0.29, 0.717) is 5.56 Å². The Morgan fingerprint density at radius 2 is 1.73 bits per heavy atom. The number of nitrogens with one attached hydrogen (secondary N) is 2. The van der Waals surface area contributed by atoms with Crippen LogP contribution in [0, 0.1) is 5.82 Å². The summed E-state index contributed by atoms with van der Waals surface area (Å²) in [5, 5.41) is 10.1. The number of hydrogen-bond acceptors (Lipinski definition) is 5. The quantitative estimate of drug-likeness (QED) is 0.588. The molecule has 0 unspecified atom stereocenters. The molecule has 0 bridgehead atoms. The normalized spacial score (nSPS) is 19.0. The summed E-state index contributed by atoms with van der Waals surface area (Å²) in [5.41, 5.74) is -0.715. The highest BCUT2D eigenvalue weighted by Gasteiger charge is 2.51. The van der Waals surface area contributed by atoms with Crippen LogP contribution in [-0.4, -0.2) is 37.7 Å². The summed E-state index contributed by atoms with van der Waals surface area (Å²) in [6, 6.07) is 9.55. The number of hydrogen-bond donors (Lipinski definition) is 3. The fourth-order valence-corrected chi connectivity index (χ4v) is 3.73. The molecule has 0 radical (unpaired) electrons. The Labute approximate surface area is 172 Å². The van der Waals surface area contributed by atoms with Crippen LogP contribution in [0.4, 0.5) is 14.9 Å². The summed E-state index contributed by atoms with van der Waals surface area (Å²) >= 11 is 0. The first-order valence-corrected chi connectivity index (χ1v) is 10.4. The van der Waals surface area contributed by atoms with Crippen LogP contribution in [0.1, 0.15) is 18.9 Å². The maximum absolute atomic E-state index is 13.2. The smallest absolute Gasteiger partial charge is 0.325 e. The van der Waals surface area contributed by atoms with Crippen molar-refractivity contribution in [1.82, 2.24) is 10.2 Å². The fourth-order valence-electron chi connectivity index (χ4n) is 3.22. The Morgan fingerprint density at radius 3 is 2.27 bits per heavy atom. The van der Waals surface area contributed by atoms with E-state index in [2.05, 4.69) is 10.6 Å². The van der Waals surface area contributed by atoms with Gasteiger partial charge in [-0.25, -0.2) is 22.7 Å². The number of amides is 4. The van der Waals surface area contributed by atoms with E-state index in [4.69, 9.17) is 5.14 Å². The summed E-state index contributed by atoms with van der Waals surface area (Å²) in [6.07, 6.45) is 0.205. The molecule has 1 saturated heterocycles. The molecule has 2 aromatic carbocycles. The largest absolute Gasteiger partial charge is 0.325 e. The number of nitrogens with two attached hydrogens (primary N) is 1. The molecular formula is C19H19FN4O5S. The van der Waals surface area contributed by atoms with Crippen molar-refractivity contribution in [3.05, 3.63) is 59.9 Å². The van der Waals surface area contributed by atoms with Crippen molar-refractivity contribution >= 4 is 33.6 Å². The summed E-state index contributed by atoms with van der Waals surface area (Å²) in [7, 11) is -3.87. The highest BCUT2D eigenvalue weighted by atomic mass is 32.2. The van der Waals surface area contributed by atoms with Gasteiger partial charge in [0.1, 0.15) is 17.9 Å². The minimum absolute atomic E-state index is 0.123. The van der Waals surface area contributed by atoms with Gasteiger partial charge in [-0.15, -0.1) is 0 Å². The number of imide groups is 1. The van der Waals surface area contributed by atoms with Crippen LogP contribution in [0.25, 0.3) is 0 Å². The lowest BCUT2D eigenvalue weighted by Gasteiger charge is -2.25. The van der Waals surface area contributed by atoms with Crippen LogP contribution in [0.15, 0.2) is 53.4 Å². The summed E-state index contributed by atoms with van der Waals surface area (Å²) in [4.78, 5) is 38.4. The first kappa shape index (κ1) is 21.4. The zero-order valence-corrected chi connectivity index (χ0v) is 16.7.